The lowest BCUT2D eigenvalue weighted by Crippen LogP contribution is -2.29. The summed E-state index contributed by atoms with van der Waals surface area (Å²) >= 11 is 0. The normalized spacial score (nSPS) is 20.1. The molecule has 2 rings (SSSR count). The Hall–Kier alpha value is -1.41. The van der Waals surface area contributed by atoms with Crippen LogP contribution in [0.15, 0.2) is 4.52 Å². The zero-order valence-corrected chi connectivity index (χ0v) is 12.4. The van der Waals surface area contributed by atoms with E-state index in [0.29, 0.717) is 18.1 Å². The van der Waals surface area contributed by atoms with Crippen molar-refractivity contribution in [2.24, 2.45) is 0 Å². The number of hydrogen-bond donors (Lipinski definition) is 0. The molecule has 5 nitrogen and oxygen atoms in total. The van der Waals surface area contributed by atoms with E-state index < -0.39 is 0 Å². The molecule has 1 saturated carbocycles. The molecular formula is C15H23N3O2. The Morgan fingerprint density at radius 2 is 2.05 bits per heavy atom. The van der Waals surface area contributed by atoms with Crippen LogP contribution in [0.5, 0.6) is 0 Å². The van der Waals surface area contributed by atoms with Crippen molar-refractivity contribution in [1.29, 1.82) is 5.26 Å². The fraction of sp³-hybridized carbons (Fsp3) is 0.800. The lowest BCUT2D eigenvalue weighted by atomic mass is 9.93. The highest BCUT2D eigenvalue weighted by molar-refractivity contribution is 5.04. The van der Waals surface area contributed by atoms with E-state index in [0.717, 1.165) is 32.1 Å². The highest BCUT2D eigenvalue weighted by atomic mass is 16.5. The second kappa shape index (κ2) is 6.85. The van der Waals surface area contributed by atoms with Gasteiger partial charge >= 0.3 is 0 Å². The average molecular weight is 277 g/mol. The van der Waals surface area contributed by atoms with Gasteiger partial charge in [0.05, 0.1) is 6.07 Å². The van der Waals surface area contributed by atoms with Gasteiger partial charge in [-0.3, -0.25) is 0 Å². The van der Waals surface area contributed by atoms with Crippen LogP contribution in [0.1, 0.15) is 75.9 Å². The molecule has 0 radical (unpaired) electrons. The first-order chi connectivity index (χ1) is 9.72. The lowest BCUT2D eigenvalue weighted by molar-refractivity contribution is -0.0365. The number of ether oxygens (including phenoxy) is 1. The maximum atomic E-state index is 8.64. The van der Waals surface area contributed by atoms with Gasteiger partial charge in [0.2, 0.25) is 11.7 Å². The van der Waals surface area contributed by atoms with Crippen LogP contribution >= 0.6 is 0 Å². The van der Waals surface area contributed by atoms with Crippen LogP contribution < -0.4 is 0 Å². The van der Waals surface area contributed by atoms with Crippen molar-refractivity contribution in [2.75, 3.05) is 7.11 Å². The summed E-state index contributed by atoms with van der Waals surface area (Å²) < 4.78 is 11.2. The van der Waals surface area contributed by atoms with Gasteiger partial charge in [-0.1, -0.05) is 37.8 Å². The first-order valence-electron chi connectivity index (χ1n) is 7.48. The van der Waals surface area contributed by atoms with E-state index >= 15 is 0 Å². The van der Waals surface area contributed by atoms with Crippen LogP contribution in [0.4, 0.5) is 0 Å². The number of hydrogen-bond acceptors (Lipinski definition) is 5. The molecule has 0 N–H and O–H groups in total. The molecule has 0 amide bonds. The summed E-state index contributed by atoms with van der Waals surface area (Å²) in [5.41, 5.74) is -0.382. The molecule has 20 heavy (non-hydrogen) atoms. The van der Waals surface area contributed by atoms with Crippen LogP contribution in [0.2, 0.25) is 0 Å². The molecule has 0 aliphatic heterocycles. The van der Waals surface area contributed by atoms with Crippen molar-refractivity contribution in [3.05, 3.63) is 11.7 Å². The van der Waals surface area contributed by atoms with E-state index in [2.05, 4.69) is 16.2 Å². The van der Waals surface area contributed by atoms with Crippen LogP contribution in [0.3, 0.4) is 0 Å². The molecule has 1 fully saturated rings. The van der Waals surface area contributed by atoms with Crippen LogP contribution in [0, 0.1) is 11.3 Å². The summed E-state index contributed by atoms with van der Waals surface area (Å²) in [5, 5.41) is 12.8. The van der Waals surface area contributed by atoms with Gasteiger partial charge < -0.3 is 9.26 Å². The predicted octanol–water partition coefficient (Wildman–Crippen LogP) is 3.67. The largest absolute Gasteiger partial charge is 0.370 e. The molecule has 1 aromatic rings. The molecule has 110 valence electrons. The molecule has 1 aromatic heterocycles. The van der Waals surface area contributed by atoms with Crippen LogP contribution in [-0.4, -0.2) is 17.3 Å². The Kier molecular flexibility index (Phi) is 5.13. The third kappa shape index (κ3) is 3.18. The van der Waals surface area contributed by atoms with Crippen LogP contribution in [-0.2, 0) is 10.3 Å². The maximum Gasteiger partial charge on any atom is 0.229 e. The van der Waals surface area contributed by atoms with Crippen molar-refractivity contribution < 1.29 is 9.26 Å². The Morgan fingerprint density at radius 3 is 2.65 bits per heavy atom. The van der Waals surface area contributed by atoms with Gasteiger partial charge in [0.1, 0.15) is 5.60 Å². The molecule has 1 heterocycles. The summed E-state index contributed by atoms with van der Waals surface area (Å²) in [6.45, 7) is 2.02. The third-order valence-electron chi connectivity index (χ3n) is 4.26. The van der Waals surface area contributed by atoms with E-state index in [1.165, 1.54) is 12.8 Å². The number of rotatable bonds is 5. The minimum absolute atomic E-state index is 0.121. The van der Waals surface area contributed by atoms with Crippen molar-refractivity contribution in [2.45, 2.75) is 69.8 Å². The molecule has 0 bridgehead atoms. The van der Waals surface area contributed by atoms with Gasteiger partial charge in [-0.15, -0.1) is 0 Å². The summed E-state index contributed by atoms with van der Waals surface area (Å²) in [4.78, 5) is 4.56. The minimum atomic E-state index is -0.382. The third-order valence-corrected chi connectivity index (χ3v) is 4.26. The Labute approximate surface area is 120 Å². The summed E-state index contributed by atoms with van der Waals surface area (Å²) in [6, 6.07) is 2.15. The van der Waals surface area contributed by atoms with Crippen molar-refractivity contribution in [1.82, 2.24) is 10.1 Å². The van der Waals surface area contributed by atoms with Gasteiger partial charge in [-0.25, -0.2) is 0 Å². The quantitative estimate of drug-likeness (QED) is 0.768. The highest BCUT2D eigenvalue weighted by Crippen LogP contribution is 2.38. The van der Waals surface area contributed by atoms with Crippen molar-refractivity contribution in [3.8, 4) is 6.07 Å². The standard InChI is InChI=1S/C15H23N3O2/c1-12(8-7-11-16)13-17-14(18-20-13)15(19-2)9-5-3-4-6-10-15/h12H,3-10H2,1-2H3. The number of methoxy groups -OCH3 is 1. The van der Waals surface area contributed by atoms with Crippen molar-refractivity contribution in [3.63, 3.8) is 0 Å². The Morgan fingerprint density at radius 1 is 1.35 bits per heavy atom. The van der Waals surface area contributed by atoms with Gasteiger partial charge in [0, 0.05) is 19.4 Å². The molecular weight excluding hydrogens is 254 g/mol. The zero-order chi connectivity index (χ0) is 14.4. The minimum Gasteiger partial charge on any atom is -0.370 e. The molecule has 5 heteroatoms. The fourth-order valence-corrected chi connectivity index (χ4v) is 2.84. The molecule has 1 atom stereocenters. The molecule has 1 aliphatic rings. The van der Waals surface area contributed by atoms with Gasteiger partial charge in [0.25, 0.3) is 0 Å². The Balaban J connectivity index is 2.15. The predicted molar refractivity (Wildman–Crippen MR) is 73.9 cm³/mol. The smallest absolute Gasteiger partial charge is 0.229 e. The first kappa shape index (κ1) is 15.0. The molecule has 0 aromatic carbocycles. The van der Waals surface area contributed by atoms with E-state index in [1.54, 1.807) is 7.11 Å². The van der Waals surface area contributed by atoms with E-state index in [4.69, 9.17) is 14.5 Å². The monoisotopic (exact) mass is 277 g/mol. The number of nitrogens with zero attached hydrogens (tertiary/aromatic N) is 3. The fourth-order valence-electron chi connectivity index (χ4n) is 2.84. The van der Waals surface area contributed by atoms with Gasteiger partial charge in [-0.05, 0) is 19.3 Å². The topological polar surface area (TPSA) is 71.9 Å². The lowest BCUT2D eigenvalue weighted by Gasteiger charge is -2.27. The second-order valence-corrected chi connectivity index (χ2v) is 5.67. The molecule has 0 spiro atoms. The highest BCUT2D eigenvalue weighted by Gasteiger charge is 2.37. The average Bonchev–Trinajstić information content (AvgIpc) is 2.85. The Bertz CT molecular complexity index is 456. The summed E-state index contributed by atoms with van der Waals surface area (Å²) in [5.74, 6) is 1.42. The zero-order valence-electron chi connectivity index (χ0n) is 12.4. The summed E-state index contributed by atoms with van der Waals surface area (Å²) in [6.07, 6.45) is 7.93. The first-order valence-corrected chi connectivity index (χ1v) is 7.48. The van der Waals surface area contributed by atoms with Crippen LogP contribution in [0.25, 0.3) is 0 Å². The van der Waals surface area contributed by atoms with Crippen molar-refractivity contribution >= 4 is 0 Å². The SMILES string of the molecule is COC1(c2noc(C(C)CCC#N)n2)CCCCCC1. The van der Waals surface area contributed by atoms with E-state index in [1.807, 2.05) is 6.92 Å². The van der Waals surface area contributed by atoms with Gasteiger partial charge in [-0.2, -0.15) is 10.2 Å². The van der Waals surface area contributed by atoms with Gasteiger partial charge in [0.15, 0.2) is 0 Å². The molecule has 1 unspecified atom stereocenters. The number of aromatic nitrogens is 2. The van der Waals surface area contributed by atoms with E-state index in [-0.39, 0.29) is 11.5 Å². The number of nitriles is 1. The summed E-state index contributed by atoms with van der Waals surface area (Å²) in [7, 11) is 1.74. The van der Waals surface area contributed by atoms with E-state index in [9.17, 15) is 0 Å². The molecule has 0 saturated heterocycles. The molecule has 1 aliphatic carbocycles. The second-order valence-electron chi connectivity index (χ2n) is 5.67. The maximum absolute atomic E-state index is 8.64.